The summed E-state index contributed by atoms with van der Waals surface area (Å²) in [6.45, 7) is 0. The Morgan fingerprint density at radius 3 is 2.67 bits per heavy atom. The fraction of sp³-hybridized carbons (Fsp3) is 0.0769. The van der Waals surface area contributed by atoms with Crippen LogP contribution in [0.1, 0.15) is 11.7 Å². The van der Waals surface area contributed by atoms with Gasteiger partial charge in [-0.2, -0.15) is 0 Å². The Balaban J connectivity index is 2.48. The first kappa shape index (κ1) is 12.2. The molecular formula is C13H10FNO3. The number of halogens is 1. The molecule has 0 saturated heterocycles. The molecule has 0 aliphatic rings. The third-order valence-corrected chi connectivity index (χ3v) is 2.46. The zero-order valence-corrected chi connectivity index (χ0v) is 9.25. The smallest absolute Gasteiger partial charge is 0.337 e. The SMILES string of the molecule is O=C(O)C(O)c1cc(F)cc(-c2cccnc2)c1. The van der Waals surface area contributed by atoms with Crippen molar-refractivity contribution in [2.75, 3.05) is 0 Å². The van der Waals surface area contributed by atoms with Gasteiger partial charge in [0.1, 0.15) is 5.82 Å². The minimum absolute atomic E-state index is 0.00125. The first-order valence-corrected chi connectivity index (χ1v) is 5.19. The Morgan fingerprint density at radius 2 is 2.06 bits per heavy atom. The molecule has 0 spiro atoms. The summed E-state index contributed by atoms with van der Waals surface area (Å²) in [5, 5.41) is 18.1. The van der Waals surface area contributed by atoms with Gasteiger partial charge in [-0.25, -0.2) is 9.18 Å². The van der Waals surface area contributed by atoms with Gasteiger partial charge in [-0.3, -0.25) is 4.98 Å². The molecule has 2 rings (SSSR count). The highest BCUT2D eigenvalue weighted by molar-refractivity contribution is 5.75. The first-order chi connectivity index (χ1) is 8.58. The van der Waals surface area contributed by atoms with Gasteiger partial charge in [0, 0.05) is 18.0 Å². The summed E-state index contributed by atoms with van der Waals surface area (Å²) < 4.78 is 13.4. The van der Waals surface area contributed by atoms with Gasteiger partial charge < -0.3 is 10.2 Å². The zero-order chi connectivity index (χ0) is 13.1. The van der Waals surface area contributed by atoms with Gasteiger partial charge in [0.2, 0.25) is 0 Å². The minimum Gasteiger partial charge on any atom is -0.479 e. The quantitative estimate of drug-likeness (QED) is 0.870. The van der Waals surface area contributed by atoms with E-state index in [0.717, 1.165) is 6.07 Å². The van der Waals surface area contributed by atoms with Crippen LogP contribution in [0.15, 0.2) is 42.7 Å². The summed E-state index contributed by atoms with van der Waals surface area (Å²) >= 11 is 0. The maximum Gasteiger partial charge on any atom is 0.337 e. The van der Waals surface area contributed by atoms with Crippen molar-refractivity contribution in [2.45, 2.75) is 6.10 Å². The standard InChI is InChI=1S/C13H10FNO3/c14-11-5-9(8-2-1-3-15-7-8)4-10(6-11)12(16)13(17)18/h1-7,12,16H,(H,17,18). The minimum atomic E-state index is -1.74. The van der Waals surface area contributed by atoms with Crippen molar-refractivity contribution in [2.24, 2.45) is 0 Å². The molecule has 0 fully saturated rings. The molecule has 2 aromatic rings. The van der Waals surface area contributed by atoms with Crippen LogP contribution in [0.5, 0.6) is 0 Å². The molecule has 2 N–H and O–H groups in total. The normalized spacial score (nSPS) is 12.1. The molecule has 1 aromatic heterocycles. The van der Waals surface area contributed by atoms with Crippen LogP contribution < -0.4 is 0 Å². The average molecular weight is 247 g/mol. The van der Waals surface area contributed by atoms with Crippen LogP contribution in [-0.4, -0.2) is 21.2 Å². The summed E-state index contributed by atoms with van der Waals surface area (Å²) in [4.78, 5) is 14.6. The number of rotatable bonds is 3. The van der Waals surface area contributed by atoms with E-state index >= 15 is 0 Å². The van der Waals surface area contributed by atoms with E-state index in [1.165, 1.54) is 18.3 Å². The van der Waals surface area contributed by atoms with Crippen LogP contribution in [0.2, 0.25) is 0 Å². The second-order valence-electron chi connectivity index (χ2n) is 3.76. The molecule has 1 aromatic carbocycles. The number of hydrogen-bond acceptors (Lipinski definition) is 3. The summed E-state index contributed by atoms with van der Waals surface area (Å²) in [7, 11) is 0. The average Bonchev–Trinajstić information content (AvgIpc) is 2.38. The van der Waals surface area contributed by atoms with E-state index in [-0.39, 0.29) is 5.56 Å². The summed E-state index contributed by atoms with van der Waals surface area (Å²) in [6.07, 6.45) is 1.37. The van der Waals surface area contributed by atoms with Crippen molar-refractivity contribution in [3.63, 3.8) is 0 Å². The topological polar surface area (TPSA) is 70.4 Å². The van der Waals surface area contributed by atoms with Gasteiger partial charge >= 0.3 is 5.97 Å². The number of aliphatic hydroxyl groups is 1. The number of carbonyl (C=O) groups is 1. The van der Waals surface area contributed by atoms with Gasteiger partial charge in [0.05, 0.1) is 0 Å². The van der Waals surface area contributed by atoms with Crippen LogP contribution in [-0.2, 0) is 4.79 Å². The number of nitrogens with zero attached hydrogens (tertiary/aromatic N) is 1. The molecule has 1 unspecified atom stereocenters. The van der Waals surface area contributed by atoms with E-state index in [4.69, 9.17) is 5.11 Å². The highest BCUT2D eigenvalue weighted by atomic mass is 19.1. The summed E-state index contributed by atoms with van der Waals surface area (Å²) in [5.41, 5.74) is 1.12. The Bertz CT molecular complexity index is 572. The lowest BCUT2D eigenvalue weighted by molar-refractivity contribution is -0.146. The number of aliphatic carboxylic acids is 1. The predicted molar refractivity (Wildman–Crippen MR) is 62.2 cm³/mol. The molecule has 0 saturated carbocycles. The van der Waals surface area contributed by atoms with Crippen LogP contribution in [0.4, 0.5) is 4.39 Å². The maximum atomic E-state index is 13.4. The highest BCUT2D eigenvalue weighted by Crippen LogP contribution is 2.24. The summed E-state index contributed by atoms with van der Waals surface area (Å²) in [5.74, 6) is -2.02. The zero-order valence-electron chi connectivity index (χ0n) is 9.25. The fourth-order valence-corrected chi connectivity index (χ4v) is 1.61. The van der Waals surface area contributed by atoms with Gasteiger partial charge in [0.15, 0.2) is 6.10 Å². The number of carboxylic acids is 1. The Labute approximate surface area is 102 Å². The summed E-state index contributed by atoms with van der Waals surface area (Å²) in [6, 6.07) is 7.10. The second-order valence-corrected chi connectivity index (χ2v) is 3.76. The maximum absolute atomic E-state index is 13.4. The monoisotopic (exact) mass is 247 g/mol. The molecule has 0 aliphatic carbocycles. The Kier molecular flexibility index (Phi) is 3.34. The van der Waals surface area contributed by atoms with Crippen molar-refractivity contribution < 1.29 is 19.4 Å². The molecule has 0 bridgehead atoms. The third kappa shape index (κ3) is 2.52. The van der Waals surface area contributed by atoms with Crippen molar-refractivity contribution in [3.8, 4) is 11.1 Å². The van der Waals surface area contributed by atoms with Gasteiger partial charge in [-0.1, -0.05) is 6.07 Å². The number of pyridine rings is 1. The largest absolute Gasteiger partial charge is 0.479 e. The van der Waals surface area contributed by atoms with Gasteiger partial charge in [-0.05, 0) is 35.4 Å². The molecule has 5 heteroatoms. The molecule has 0 radical (unpaired) electrons. The van der Waals surface area contributed by atoms with Gasteiger partial charge in [-0.15, -0.1) is 0 Å². The van der Waals surface area contributed by atoms with E-state index in [0.29, 0.717) is 11.1 Å². The number of aliphatic hydroxyl groups excluding tert-OH is 1. The van der Waals surface area contributed by atoms with E-state index in [2.05, 4.69) is 4.98 Å². The van der Waals surface area contributed by atoms with E-state index in [1.54, 1.807) is 18.3 Å². The molecule has 0 amide bonds. The fourth-order valence-electron chi connectivity index (χ4n) is 1.61. The molecule has 92 valence electrons. The Morgan fingerprint density at radius 1 is 1.28 bits per heavy atom. The van der Waals surface area contributed by atoms with Crippen LogP contribution >= 0.6 is 0 Å². The lowest BCUT2D eigenvalue weighted by atomic mass is 10.0. The van der Waals surface area contributed by atoms with Crippen molar-refractivity contribution in [3.05, 3.63) is 54.1 Å². The number of hydrogen-bond donors (Lipinski definition) is 2. The lowest BCUT2D eigenvalue weighted by Gasteiger charge is -2.09. The van der Waals surface area contributed by atoms with Gasteiger partial charge in [0.25, 0.3) is 0 Å². The molecule has 4 nitrogen and oxygen atoms in total. The van der Waals surface area contributed by atoms with E-state index in [9.17, 15) is 14.3 Å². The molecular weight excluding hydrogens is 237 g/mol. The number of aromatic nitrogens is 1. The second kappa shape index (κ2) is 4.93. The van der Waals surface area contributed by atoms with Crippen molar-refractivity contribution >= 4 is 5.97 Å². The van der Waals surface area contributed by atoms with Crippen molar-refractivity contribution in [1.82, 2.24) is 4.98 Å². The third-order valence-electron chi connectivity index (χ3n) is 2.46. The first-order valence-electron chi connectivity index (χ1n) is 5.19. The van der Waals surface area contributed by atoms with E-state index in [1.807, 2.05) is 0 Å². The highest BCUT2D eigenvalue weighted by Gasteiger charge is 2.17. The number of benzene rings is 1. The van der Waals surface area contributed by atoms with Crippen LogP contribution in [0.25, 0.3) is 11.1 Å². The van der Waals surface area contributed by atoms with Crippen LogP contribution in [0, 0.1) is 5.82 Å². The molecule has 1 atom stereocenters. The van der Waals surface area contributed by atoms with Crippen LogP contribution in [0.3, 0.4) is 0 Å². The molecule has 18 heavy (non-hydrogen) atoms. The Hall–Kier alpha value is -2.27. The molecule has 0 aliphatic heterocycles. The molecule has 1 heterocycles. The predicted octanol–water partition coefficient (Wildman–Crippen LogP) is 2.01. The van der Waals surface area contributed by atoms with Crippen molar-refractivity contribution in [1.29, 1.82) is 0 Å². The number of carboxylic acid groups (broad SMARTS) is 1. The van der Waals surface area contributed by atoms with E-state index < -0.39 is 17.9 Å². The lowest BCUT2D eigenvalue weighted by Crippen LogP contribution is -2.10.